The molecule has 1 rings (SSSR count). The molecule has 8 heteroatoms. The van der Waals surface area contributed by atoms with Crippen molar-refractivity contribution >= 4 is 21.1 Å². The van der Waals surface area contributed by atoms with Crippen LogP contribution in [0.1, 0.15) is 20.3 Å². The van der Waals surface area contributed by atoms with Gasteiger partial charge in [-0.05, 0) is 13.3 Å². The van der Waals surface area contributed by atoms with Crippen molar-refractivity contribution in [1.29, 1.82) is 0 Å². The van der Waals surface area contributed by atoms with E-state index >= 15 is 0 Å². The topological polar surface area (TPSA) is 74.1 Å². The molecule has 122 valence electrons. The molecule has 0 aromatic heterocycles. The Balaban J connectivity index is 2.71. The van der Waals surface area contributed by atoms with Gasteiger partial charge < -0.3 is 23.2 Å². The maximum absolute atomic E-state index is 11.4. The second-order valence-electron chi connectivity index (χ2n) is 5.31. The lowest BCUT2D eigenvalue weighted by atomic mass is 9.97. The second-order valence-corrected chi connectivity index (χ2v) is 8.40. The Hall–Kier alpha value is -0.963. The summed E-state index contributed by atoms with van der Waals surface area (Å²) < 4.78 is 18.2. The number of carbonyl (C=O) groups excluding carboxylic acids is 1. The van der Waals surface area contributed by atoms with Crippen LogP contribution in [0.2, 0.25) is 6.04 Å². The van der Waals surface area contributed by atoms with Gasteiger partial charge >= 0.3 is 8.80 Å². The van der Waals surface area contributed by atoms with Gasteiger partial charge in [0.1, 0.15) is 18.6 Å². The number of hydrogen-bond acceptors (Lipinski definition) is 6. The van der Waals surface area contributed by atoms with E-state index in [2.05, 4.69) is 4.58 Å². The molecule has 0 aromatic carbocycles. The van der Waals surface area contributed by atoms with Crippen LogP contribution in [0.15, 0.2) is 0 Å². The molecule has 0 bridgehead atoms. The van der Waals surface area contributed by atoms with Crippen LogP contribution in [0.5, 0.6) is 0 Å². The van der Waals surface area contributed by atoms with E-state index in [1.165, 1.54) is 0 Å². The third kappa shape index (κ3) is 3.82. The summed E-state index contributed by atoms with van der Waals surface area (Å²) in [5.41, 5.74) is -0.965. The highest BCUT2D eigenvalue weighted by atomic mass is 28.4. The van der Waals surface area contributed by atoms with Crippen molar-refractivity contribution in [2.24, 2.45) is 0 Å². The van der Waals surface area contributed by atoms with Gasteiger partial charge in [-0.15, -0.1) is 0 Å². The number of rotatable bonds is 9. The third-order valence-electron chi connectivity index (χ3n) is 4.33. The van der Waals surface area contributed by atoms with Gasteiger partial charge in [-0.25, -0.2) is 0 Å². The van der Waals surface area contributed by atoms with Crippen LogP contribution in [-0.2, 0) is 18.1 Å². The number of carboxylic acid groups (broad SMARTS) is 1. The molecule has 0 amide bonds. The molecule has 0 radical (unpaired) electrons. The summed E-state index contributed by atoms with van der Waals surface area (Å²) in [4.78, 5) is 13.2. The molecule has 0 fully saturated rings. The minimum absolute atomic E-state index is 0.493. The Kier molecular flexibility index (Phi) is 6.33. The molecule has 1 unspecified atom stereocenters. The lowest BCUT2D eigenvalue weighted by molar-refractivity contribution is -0.510. The molecular weight excluding hydrogens is 292 g/mol. The standard InChI is InChI=1S/C13H26N2O5Si/c1-6-13(2,12(16)17)15-8-7-14(11-15)9-10-21(18-3,19-4)20-5/h11H,6-10H2,1-5H3. The molecule has 0 aliphatic carbocycles. The maximum Gasteiger partial charge on any atom is 0.504 e. The van der Waals surface area contributed by atoms with Crippen molar-refractivity contribution in [3.8, 4) is 0 Å². The fourth-order valence-electron chi connectivity index (χ4n) is 2.39. The molecule has 1 aliphatic heterocycles. The molecule has 1 atom stereocenters. The minimum atomic E-state index is -2.59. The van der Waals surface area contributed by atoms with Crippen LogP contribution in [-0.4, -0.2) is 77.1 Å². The summed E-state index contributed by atoms with van der Waals surface area (Å²) in [5.74, 6) is -1.04. The van der Waals surface area contributed by atoms with Crippen molar-refractivity contribution in [1.82, 2.24) is 4.90 Å². The first kappa shape index (κ1) is 18.1. The van der Waals surface area contributed by atoms with Gasteiger partial charge in [0.2, 0.25) is 6.34 Å². The van der Waals surface area contributed by atoms with E-state index in [-0.39, 0.29) is 0 Å². The van der Waals surface area contributed by atoms with Crippen LogP contribution >= 0.6 is 0 Å². The first-order valence-corrected chi connectivity index (χ1v) is 9.03. The van der Waals surface area contributed by atoms with Crippen molar-refractivity contribution in [2.75, 3.05) is 41.0 Å². The highest BCUT2D eigenvalue weighted by Crippen LogP contribution is 2.20. The van der Waals surface area contributed by atoms with Gasteiger partial charge in [-0.1, -0.05) is 6.92 Å². The Morgan fingerprint density at radius 3 is 2.38 bits per heavy atom. The van der Waals surface area contributed by atoms with Crippen LogP contribution in [0.4, 0.5) is 0 Å². The number of carbonyl (C=O) groups is 1. The van der Waals surface area contributed by atoms with Gasteiger partial charge in [-0.3, -0.25) is 9.48 Å². The Bertz CT molecular complexity index is 392. The zero-order valence-corrected chi connectivity index (χ0v) is 14.5. The van der Waals surface area contributed by atoms with Crippen molar-refractivity contribution in [3.05, 3.63) is 0 Å². The van der Waals surface area contributed by atoms with Gasteiger partial charge in [-0.2, -0.15) is 0 Å². The van der Waals surface area contributed by atoms with E-state index in [1.807, 2.05) is 18.2 Å². The summed E-state index contributed by atoms with van der Waals surface area (Å²) in [6, 6.07) is 0.648. The summed E-state index contributed by atoms with van der Waals surface area (Å²) in [6.07, 6.45) is 2.35. The fourth-order valence-corrected chi connectivity index (χ4v) is 4.07. The van der Waals surface area contributed by atoms with Crippen molar-refractivity contribution in [2.45, 2.75) is 31.9 Å². The van der Waals surface area contributed by atoms with E-state index in [0.717, 1.165) is 6.54 Å². The predicted molar refractivity (Wildman–Crippen MR) is 78.1 cm³/mol. The van der Waals surface area contributed by atoms with Gasteiger partial charge in [0.05, 0.1) is 18.6 Å². The smallest absolute Gasteiger partial charge is 0.504 e. The minimum Gasteiger partial charge on any atom is -0.545 e. The predicted octanol–water partition coefficient (Wildman–Crippen LogP) is -0.860. The summed E-state index contributed by atoms with van der Waals surface area (Å²) in [6.45, 7) is 5.68. The molecule has 1 heterocycles. The van der Waals surface area contributed by atoms with E-state index in [1.54, 1.807) is 28.3 Å². The average molecular weight is 318 g/mol. The van der Waals surface area contributed by atoms with Crippen LogP contribution in [0.25, 0.3) is 0 Å². The van der Waals surface area contributed by atoms with E-state index in [4.69, 9.17) is 13.3 Å². The molecule has 0 saturated heterocycles. The normalized spacial score (nSPS) is 18.5. The second kappa shape index (κ2) is 7.35. The molecule has 0 N–H and O–H groups in total. The molecule has 7 nitrogen and oxygen atoms in total. The number of carboxylic acids is 1. The van der Waals surface area contributed by atoms with E-state index < -0.39 is 20.3 Å². The van der Waals surface area contributed by atoms with E-state index in [0.29, 0.717) is 25.6 Å². The summed E-state index contributed by atoms with van der Waals surface area (Å²) >= 11 is 0. The molecule has 1 aliphatic rings. The number of aliphatic carboxylic acids is 1. The highest BCUT2D eigenvalue weighted by Gasteiger charge is 2.41. The van der Waals surface area contributed by atoms with Crippen LogP contribution < -0.4 is 5.11 Å². The Labute approximate surface area is 127 Å². The number of hydrogen-bond donors (Lipinski definition) is 0. The van der Waals surface area contributed by atoms with Gasteiger partial charge in [0, 0.05) is 21.3 Å². The quantitative estimate of drug-likeness (QED) is 0.407. The molecule has 21 heavy (non-hydrogen) atoms. The van der Waals surface area contributed by atoms with Crippen molar-refractivity contribution < 1.29 is 27.8 Å². The maximum atomic E-state index is 11.4. The summed E-state index contributed by atoms with van der Waals surface area (Å²) in [5, 5.41) is 11.4. The van der Waals surface area contributed by atoms with Crippen LogP contribution in [0, 0.1) is 0 Å². The third-order valence-corrected chi connectivity index (χ3v) is 7.03. The Morgan fingerprint density at radius 2 is 1.95 bits per heavy atom. The Morgan fingerprint density at radius 1 is 1.38 bits per heavy atom. The zero-order valence-electron chi connectivity index (χ0n) is 13.5. The monoisotopic (exact) mass is 318 g/mol. The first-order valence-electron chi connectivity index (χ1n) is 7.10. The van der Waals surface area contributed by atoms with Gasteiger partial charge in [0.25, 0.3) is 0 Å². The lowest BCUT2D eigenvalue weighted by Gasteiger charge is -2.32. The van der Waals surface area contributed by atoms with E-state index in [9.17, 15) is 9.90 Å². The SMILES string of the molecule is CCC(C)(C(=O)[O-])N1C=[N+](CC[Si](OC)(OC)OC)CC1. The first-order chi connectivity index (χ1) is 9.87. The largest absolute Gasteiger partial charge is 0.545 e. The zero-order chi connectivity index (χ0) is 16.1. The highest BCUT2D eigenvalue weighted by molar-refractivity contribution is 6.60. The molecular formula is C13H26N2O5Si. The lowest BCUT2D eigenvalue weighted by Crippen LogP contribution is -2.56. The molecule has 0 saturated carbocycles. The average Bonchev–Trinajstić information content (AvgIpc) is 2.97. The fraction of sp³-hybridized carbons (Fsp3) is 0.846. The van der Waals surface area contributed by atoms with Crippen molar-refractivity contribution in [3.63, 3.8) is 0 Å². The summed E-state index contributed by atoms with van der Waals surface area (Å²) in [7, 11) is 2.17. The number of nitrogens with zero attached hydrogens (tertiary/aromatic N) is 2. The van der Waals surface area contributed by atoms with Crippen LogP contribution in [0.3, 0.4) is 0 Å². The molecule has 0 aromatic rings. The van der Waals surface area contributed by atoms with Gasteiger partial charge in [0.15, 0.2) is 0 Å². The molecule has 0 spiro atoms.